The molecule has 2 saturated heterocycles. The first-order valence-electron chi connectivity index (χ1n) is 11.5. The van der Waals surface area contributed by atoms with Gasteiger partial charge in [0, 0.05) is 75.8 Å². The summed E-state index contributed by atoms with van der Waals surface area (Å²) in [4.78, 5) is 35.0. The number of hydrogen-bond donors (Lipinski definition) is 0. The van der Waals surface area contributed by atoms with Gasteiger partial charge in [0.05, 0.1) is 4.92 Å². The number of piperidine rings is 1. The van der Waals surface area contributed by atoms with E-state index in [1.807, 2.05) is 36.3 Å². The van der Waals surface area contributed by atoms with Crippen molar-refractivity contribution in [3.8, 4) is 0 Å². The second-order valence-corrected chi connectivity index (χ2v) is 8.71. The molecule has 0 saturated carbocycles. The first-order valence-corrected chi connectivity index (χ1v) is 11.5. The average molecular weight is 438 g/mol. The number of anilines is 1. The first kappa shape index (κ1) is 22.2. The molecule has 2 aliphatic rings. The van der Waals surface area contributed by atoms with Crippen LogP contribution >= 0.6 is 0 Å². The first-order chi connectivity index (χ1) is 15.5. The maximum Gasteiger partial charge on any atom is 0.293 e. The van der Waals surface area contributed by atoms with E-state index >= 15 is 0 Å². The maximum absolute atomic E-state index is 13.1. The number of rotatable bonds is 7. The molecular weight excluding hydrogens is 406 g/mol. The fourth-order valence-electron chi connectivity index (χ4n) is 4.75. The van der Waals surface area contributed by atoms with Crippen molar-refractivity contribution in [3.63, 3.8) is 0 Å². The van der Waals surface area contributed by atoms with E-state index in [1.54, 1.807) is 17.0 Å². The van der Waals surface area contributed by atoms with E-state index in [4.69, 9.17) is 0 Å². The lowest BCUT2D eigenvalue weighted by molar-refractivity contribution is -0.384. The van der Waals surface area contributed by atoms with Gasteiger partial charge in [0.1, 0.15) is 5.69 Å². The summed E-state index contributed by atoms with van der Waals surface area (Å²) in [6.07, 6.45) is 6.64. The van der Waals surface area contributed by atoms with Crippen LogP contribution in [0.4, 0.5) is 11.4 Å². The van der Waals surface area contributed by atoms with E-state index in [0.717, 1.165) is 70.5 Å². The van der Waals surface area contributed by atoms with E-state index in [0.29, 0.717) is 11.3 Å². The van der Waals surface area contributed by atoms with Crippen molar-refractivity contribution in [2.75, 3.05) is 44.7 Å². The topological polar surface area (TPSA) is 82.8 Å². The van der Waals surface area contributed by atoms with Gasteiger partial charge >= 0.3 is 0 Å². The Balaban J connectivity index is 1.35. The van der Waals surface area contributed by atoms with E-state index in [-0.39, 0.29) is 22.6 Å². The zero-order valence-electron chi connectivity index (χ0n) is 18.7. The molecule has 1 aromatic heterocycles. The monoisotopic (exact) mass is 437 g/mol. The Morgan fingerprint density at radius 2 is 1.91 bits per heavy atom. The zero-order chi connectivity index (χ0) is 22.5. The third-order valence-corrected chi connectivity index (χ3v) is 6.70. The van der Waals surface area contributed by atoms with E-state index in [1.165, 1.54) is 6.07 Å². The molecule has 0 radical (unpaired) electrons. The molecule has 0 spiro atoms. The van der Waals surface area contributed by atoms with Crippen molar-refractivity contribution in [1.29, 1.82) is 0 Å². The van der Waals surface area contributed by atoms with Gasteiger partial charge in [-0.2, -0.15) is 0 Å². The highest BCUT2D eigenvalue weighted by atomic mass is 16.6. The molecule has 8 nitrogen and oxygen atoms in total. The molecule has 32 heavy (non-hydrogen) atoms. The third-order valence-electron chi connectivity index (χ3n) is 6.70. The number of carbonyl (C=O) groups excluding carboxylic acids is 1. The Morgan fingerprint density at radius 3 is 2.56 bits per heavy atom. The number of nitro groups is 1. The Kier molecular flexibility index (Phi) is 6.99. The zero-order valence-corrected chi connectivity index (χ0v) is 18.7. The van der Waals surface area contributed by atoms with Crippen LogP contribution in [0.15, 0.2) is 42.6 Å². The van der Waals surface area contributed by atoms with Gasteiger partial charge in [0.2, 0.25) is 0 Å². The molecule has 0 aliphatic carbocycles. The van der Waals surface area contributed by atoms with Gasteiger partial charge in [0.15, 0.2) is 0 Å². The van der Waals surface area contributed by atoms with E-state index in [2.05, 4.69) is 9.88 Å². The smallest absolute Gasteiger partial charge is 0.293 e. The number of likely N-dealkylation sites (tertiary alicyclic amines) is 1. The molecule has 0 bridgehead atoms. The summed E-state index contributed by atoms with van der Waals surface area (Å²) in [5.74, 6) is -0.145. The van der Waals surface area contributed by atoms with Crippen molar-refractivity contribution in [2.24, 2.45) is 0 Å². The third kappa shape index (κ3) is 5.07. The van der Waals surface area contributed by atoms with Crippen molar-refractivity contribution < 1.29 is 9.72 Å². The van der Waals surface area contributed by atoms with Crippen LogP contribution in [0.5, 0.6) is 0 Å². The average Bonchev–Trinajstić information content (AvgIpc) is 3.37. The molecule has 0 N–H and O–H groups in total. The highest BCUT2D eigenvalue weighted by Gasteiger charge is 2.28. The Bertz CT molecular complexity index is 938. The lowest BCUT2D eigenvalue weighted by Crippen LogP contribution is -2.46. The number of nitrogens with zero attached hydrogens (tertiary/aromatic N) is 5. The molecule has 3 heterocycles. The molecule has 2 fully saturated rings. The van der Waals surface area contributed by atoms with Gasteiger partial charge in [-0.05, 0) is 49.9 Å². The minimum absolute atomic E-state index is 0.0236. The van der Waals surface area contributed by atoms with Gasteiger partial charge in [-0.3, -0.25) is 19.9 Å². The normalized spacial score (nSPS) is 17.5. The summed E-state index contributed by atoms with van der Waals surface area (Å²) in [5.41, 5.74) is 2.13. The second-order valence-electron chi connectivity index (χ2n) is 8.71. The molecule has 2 aromatic rings. The second kappa shape index (κ2) is 10.1. The van der Waals surface area contributed by atoms with Crippen LogP contribution in [0.25, 0.3) is 0 Å². The molecule has 1 aromatic carbocycles. The fraction of sp³-hybridized carbons (Fsp3) is 0.500. The Morgan fingerprint density at radius 1 is 1.16 bits per heavy atom. The summed E-state index contributed by atoms with van der Waals surface area (Å²) in [6.45, 7) is 4.48. The summed E-state index contributed by atoms with van der Waals surface area (Å²) < 4.78 is 0. The van der Waals surface area contributed by atoms with Crippen LogP contribution in [0.3, 0.4) is 0 Å². The maximum atomic E-state index is 13.1. The lowest BCUT2D eigenvalue weighted by atomic mass is 10.0. The van der Waals surface area contributed by atoms with Crippen LogP contribution in [-0.2, 0) is 6.42 Å². The highest BCUT2D eigenvalue weighted by molar-refractivity contribution is 5.96. The highest BCUT2D eigenvalue weighted by Crippen LogP contribution is 2.32. The molecule has 0 unspecified atom stereocenters. The van der Waals surface area contributed by atoms with Gasteiger partial charge in [-0.1, -0.05) is 6.07 Å². The van der Waals surface area contributed by atoms with Gasteiger partial charge in [-0.15, -0.1) is 0 Å². The minimum Gasteiger partial charge on any atom is -0.366 e. The summed E-state index contributed by atoms with van der Waals surface area (Å²) >= 11 is 0. The number of nitro benzene ring substituents is 1. The molecular formula is C24H31N5O3. The number of benzene rings is 1. The van der Waals surface area contributed by atoms with Crippen molar-refractivity contribution in [2.45, 2.75) is 38.1 Å². The lowest BCUT2D eigenvalue weighted by Gasteiger charge is -2.36. The molecule has 170 valence electrons. The predicted molar refractivity (Wildman–Crippen MR) is 124 cm³/mol. The minimum atomic E-state index is -0.371. The molecule has 4 rings (SSSR count). The number of aromatic nitrogens is 1. The standard InChI is InChI=1S/C24H31N5O3/c1-26(21-10-16-27(17-11-21)15-9-20-6-2-3-12-25-20)24(30)19-7-8-22(23(18-19)29(31)32)28-13-4-5-14-28/h2-3,6-8,12,18,21H,4-5,9-11,13-17H2,1H3. The van der Waals surface area contributed by atoms with Crippen LogP contribution in [-0.4, -0.2) is 71.4 Å². The fourth-order valence-corrected chi connectivity index (χ4v) is 4.75. The van der Waals surface area contributed by atoms with Gasteiger partial charge in [0.25, 0.3) is 11.6 Å². The van der Waals surface area contributed by atoms with Crippen LogP contribution < -0.4 is 4.90 Å². The predicted octanol–water partition coefficient (Wildman–Crippen LogP) is 3.37. The summed E-state index contributed by atoms with van der Waals surface area (Å²) in [7, 11) is 1.82. The van der Waals surface area contributed by atoms with Crippen LogP contribution in [0, 0.1) is 10.1 Å². The van der Waals surface area contributed by atoms with Crippen LogP contribution in [0.2, 0.25) is 0 Å². The molecule has 2 aliphatic heterocycles. The van der Waals surface area contributed by atoms with Crippen molar-refractivity contribution >= 4 is 17.3 Å². The Hall–Kier alpha value is -3.00. The molecule has 0 atom stereocenters. The number of amides is 1. The van der Waals surface area contributed by atoms with E-state index < -0.39 is 0 Å². The van der Waals surface area contributed by atoms with Gasteiger partial charge in [-0.25, -0.2) is 0 Å². The van der Waals surface area contributed by atoms with E-state index in [9.17, 15) is 14.9 Å². The quantitative estimate of drug-likeness (QED) is 0.488. The summed E-state index contributed by atoms with van der Waals surface area (Å²) in [6, 6.07) is 11.1. The molecule has 8 heteroatoms. The van der Waals surface area contributed by atoms with Crippen LogP contribution in [0.1, 0.15) is 41.7 Å². The van der Waals surface area contributed by atoms with Crippen molar-refractivity contribution in [1.82, 2.24) is 14.8 Å². The SMILES string of the molecule is CN(C(=O)c1ccc(N2CCCC2)c([N+](=O)[O-])c1)C1CCN(CCc2ccccn2)CC1. The largest absolute Gasteiger partial charge is 0.366 e. The van der Waals surface area contributed by atoms with Crippen molar-refractivity contribution in [3.05, 3.63) is 64.0 Å². The number of carbonyl (C=O) groups is 1. The summed E-state index contributed by atoms with van der Waals surface area (Å²) in [5, 5.41) is 11.7. The number of pyridine rings is 1. The van der Waals surface area contributed by atoms with Gasteiger partial charge < -0.3 is 14.7 Å². The number of hydrogen-bond acceptors (Lipinski definition) is 6. The molecule has 1 amide bonds. The Labute approximate surface area is 189 Å².